The number of aryl methyl sites for hydroxylation is 2. The summed E-state index contributed by atoms with van der Waals surface area (Å²) in [5, 5.41) is 14.9. The second kappa shape index (κ2) is 7.13. The number of pyridine rings is 1. The average Bonchev–Trinajstić information content (AvgIpc) is 3.32. The molecule has 0 unspecified atom stereocenters. The van der Waals surface area contributed by atoms with Gasteiger partial charge in [0.1, 0.15) is 17.8 Å². The number of nitrogens with zero attached hydrogens (tertiary/aromatic N) is 4. The largest absolute Gasteiger partial charge is 0.381 e. The van der Waals surface area contributed by atoms with Gasteiger partial charge < -0.3 is 15.2 Å². The lowest BCUT2D eigenvalue weighted by molar-refractivity contribution is -0.117. The molecule has 0 bridgehead atoms. The minimum Gasteiger partial charge on any atom is -0.381 e. The summed E-state index contributed by atoms with van der Waals surface area (Å²) < 4.78 is 29.5. The summed E-state index contributed by atoms with van der Waals surface area (Å²) in [6.07, 6.45) is 2.21. The number of hydrogen-bond donors (Lipinski definition) is 2. The van der Waals surface area contributed by atoms with E-state index in [1.165, 1.54) is 6.20 Å². The van der Waals surface area contributed by atoms with Crippen LogP contribution in [-0.2, 0) is 18.4 Å². The molecule has 4 rings (SSSR count). The number of rotatable bonds is 5. The highest BCUT2D eigenvalue weighted by Gasteiger charge is 2.43. The molecule has 29 heavy (non-hydrogen) atoms. The first kappa shape index (κ1) is 18.8. The zero-order valence-corrected chi connectivity index (χ0v) is 15.8. The van der Waals surface area contributed by atoms with E-state index in [1.807, 2.05) is 13.1 Å². The molecule has 0 saturated heterocycles. The Morgan fingerprint density at radius 3 is 2.86 bits per heavy atom. The second-order valence-corrected chi connectivity index (χ2v) is 7.14. The van der Waals surface area contributed by atoms with E-state index in [1.54, 1.807) is 30.0 Å². The Kier molecular flexibility index (Phi) is 4.62. The Labute approximate surface area is 165 Å². The van der Waals surface area contributed by atoms with Gasteiger partial charge in [-0.15, -0.1) is 0 Å². The van der Waals surface area contributed by atoms with Gasteiger partial charge in [-0.25, -0.2) is 18.7 Å². The molecular weight excluding hydrogens is 378 g/mol. The average molecular weight is 396 g/mol. The number of carbonyl (C=O) groups is 1. The number of aromatic nitrogens is 3. The fourth-order valence-corrected chi connectivity index (χ4v) is 3.19. The quantitative estimate of drug-likeness (QED) is 0.691. The monoisotopic (exact) mass is 396 g/mol. The van der Waals surface area contributed by atoms with Crippen molar-refractivity contribution in [1.29, 1.82) is 5.26 Å². The van der Waals surface area contributed by atoms with Gasteiger partial charge in [-0.1, -0.05) is 0 Å². The fourth-order valence-electron chi connectivity index (χ4n) is 3.19. The number of halogens is 2. The lowest BCUT2D eigenvalue weighted by Crippen LogP contribution is -2.15. The Bertz CT molecular complexity index is 1170. The molecule has 1 saturated carbocycles. The summed E-state index contributed by atoms with van der Waals surface area (Å²) >= 11 is 0. The molecule has 2 heterocycles. The molecule has 1 fully saturated rings. The molecule has 0 aliphatic heterocycles. The fraction of sp³-hybridized carbons (Fsp3) is 0.300. The van der Waals surface area contributed by atoms with Gasteiger partial charge in [0.2, 0.25) is 5.91 Å². The van der Waals surface area contributed by atoms with Gasteiger partial charge in [0.05, 0.1) is 23.4 Å². The molecule has 0 radical (unpaired) electrons. The highest BCUT2D eigenvalue weighted by Crippen LogP contribution is 2.36. The number of amides is 1. The van der Waals surface area contributed by atoms with Crippen molar-refractivity contribution in [3.8, 4) is 6.07 Å². The third-order valence-electron chi connectivity index (χ3n) is 5.05. The Balaban J connectivity index is 1.64. The van der Waals surface area contributed by atoms with E-state index in [9.17, 15) is 13.6 Å². The molecule has 0 spiro atoms. The van der Waals surface area contributed by atoms with Gasteiger partial charge >= 0.3 is 0 Å². The van der Waals surface area contributed by atoms with Crippen LogP contribution in [0, 0.1) is 30.0 Å². The van der Waals surface area contributed by atoms with Crippen LogP contribution in [0.2, 0.25) is 0 Å². The molecular formula is C20H18F2N6O. The van der Waals surface area contributed by atoms with Crippen molar-refractivity contribution in [3.63, 3.8) is 0 Å². The topological polar surface area (TPSA) is 95.6 Å². The lowest BCUT2D eigenvalue weighted by Gasteiger charge is -2.13. The number of benzene rings is 1. The summed E-state index contributed by atoms with van der Waals surface area (Å²) in [5.74, 6) is -1.66. The van der Waals surface area contributed by atoms with E-state index >= 15 is 0 Å². The van der Waals surface area contributed by atoms with Crippen LogP contribution in [-0.4, -0.2) is 26.6 Å². The van der Waals surface area contributed by atoms with Crippen LogP contribution in [0.25, 0.3) is 11.0 Å². The third-order valence-corrected chi connectivity index (χ3v) is 5.05. The van der Waals surface area contributed by atoms with E-state index in [-0.39, 0.29) is 24.6 Å². The highest BCUT2D eigenvalue weighted by atomic mass is 19.1. The summed E-state index contributed by atoms with van der Waals surface area (Å²) in [7, 11) is 1.81. The van der Waals surface area contributed by atoms with Crippen molar-refractivity contribution in [2.24, 2.45) is 13.0 Å². The van der Waals surface area contributed by atoms with Gasteiger partial charge in [0.25, 0.3) is 0 Å². The maximum absolute atomic E-state index is 14.5. The Morgan fingerprint density at radius 1 is 1.41 bits per heavy atom. The van der Waals surface area contributed by atoms with Crippen molar-refractivity contribution >= 4 is 28.3 Å². The number of nitrogens with one attached hydrogen (secondary N) is 2. The maximum atomic E-state index is 14.5. The molecule has 1 aliphatic carbocycles. The first-order valence-corrected chi connectivity index (χ1v) is 9.07. The van der Waals surface area contributed by atoms with Gasteiger partial charge in [0, 0.05) is 31.0 Å². The summed E-state index contributed by atoms with van der Waals surface area (Å²) in [4.78, 5) is 20.3. The number of anilines is 2. The van der Waals surface area contributed by atoms with E-state index in [0.29, 0.717) is 28.0 Å². The van der Waals surface area contributed by atoms with Crippen molar-refractivity contribution in [3.05, 3.63) is 47.3 Å². The molecule has 148 valence electrons. The minimum atomic E-state index is -1.09. The van der Waals surface area contributed by atoms with Crippen LogP contribution in [0.4, 0.5) is 20.2 Å². The number of alkyl halides is 1. The highest BCUT2D eigenvalue weighted by molar-refractivity contribution is 6.03. The van der Waals surface area contributed by atoms with Crippen molar-refractivity contribution in [1.82, 2.24) is 14.5 Å². The van der Waals surface area contributed by atoms with E-state index in [4.69, 9.17) is 5.26 Å². The van der Waals surface area contributed by atoms with Crippen LogP contribution < -0.4 is 10.6 Å². The van der Waals surface area contributed by atoms with Crippen LogP contribution >= 0.6 is 0 Å². The summed E-state index contributed by atoms with van der Waals surface area (Å²) in [5.41, 5.74) is 3.12. The van der Waals surface area contributed by atoms with Gasteiger partial charge in [-0.2, -0.15) is 5.26 Å². The lowest BCUT2D eigenvalue weighted by atomic mass is 10.1. The molecule has 7 nitrogen and oxygen atoms in total. The van der Waals surface area contributed by atoms with Gasteiger partial charge in [0.15, 0.2) is 11.5 Å². The minimum absolute atomic E-state index is 0.126. The SMILES string of the molecule is Cc1cnc(C#N)c(F)c1CNc1cc(NC(=O)[C@H]2C[C@H]2F)c2ncn(C)c2c1. The normalized spacial score (nSPS) is 17.8. The van der Waals surface area contributed by atoms with Crippen LogP contribution in [0.1, 0.15) is 23.2 Å². The zero-order chi connectivity index (χ0) is 20.7. The molecule has 1 aliphatic rings. The van der Waals surface area contributed by atoms with Gasteiger partial charge in [-0.05, 0) is 31.0 Å². The standard InChI is InChI=1S/C20H18F2N6O/c1-10-7-25-16(6-23)18(22)13(10)8-24-11-3-15(27-20(29)12-5-14(12)21)19-17(4-11)28(2)9-26-19/h3-4,7,9,12,14,24H,5,8H2,1-2H3,(H,27,29)/t12-,14+/m0/s1. The van der Waals surface area contributed by atoms with Crippen molar-refractivity contribution < 1.29 is 13.6 Å². The van der Waals surface area contributed by atoms with Crippen LogP contribution in [0.3, 0.4) is 0 Å². The van der Waals surface area contributed by atoms with E-state index in [2.05, 4.69) is 20.6 Å². The van der Waals surface area contributed by atoms with Crippen LogP contribution in [0.5, 0.6) is 0 Å². The molecule has 1 amide bonds. The molecule has 1 aromatic carbocycles. The molecule has 2 atom stereocenters. The predicted molar refractivity (Wildman–Crippen MR) is 103 cm³/mol. The summed E-state index contributed by atoms with van der Waals surface area (Å²) in [6, 6.07) is 5.25. The van der Waals surface area contributed by atoms with E-state index < -0.39 is 17.9 Å². The number of fused-ring (bicyclic) bond motifs is 1. The molecule has 2 aromatic heterocycles. The first-order chi connectivity index (χ1) is 13.9. The zero-order valence-electron chi connectivity index (χ0n) is 15.8. The summed E-state index contributed by atoms with van der Waals surface area (Å²) in [6.45, 7) is 1.84. The molecule has 3 aromatic rings. The predicted octanol–water partition coefficient (Wildman–Crippen LogP) is 3.20. The number of hydrogen-bond acceptors (Lipinski definition) is 5. The Hall–Kier alpha value is -3.54. The maximum Gasteiger partial charge on any atom is 0.230 e. The Morgan fingerprint density at radius 2 is 2.17 bits per heavy atom. The van der Waals surface area contributed by atoms with Crippen molar-refractivity contribution in [2.75, 3.05) is 10.6 Å². The van der Waals surface area contributed by atoms with Crippen molar-refractivity contribution in [2.45, 2.75) is 26.1 Å². The van der Waals surface area contributed by atoms with Gasteiger partial charge in [-0.3, -0.25) is 4.79 Å². The smallest absolute Gasteiger partial charge is 0.230 e. The first-order valence-electron chi connectivity index (χ1n) is 9.07. The molecule has 9 heteroatoms. The number of carbonyl (C=O) groups excluding carboxylic acids is 1. The van der Waals surface area contributed by atoms with Crippen LogP contribution in [0.15, 0.2) is 24.7 Å². The number of nitriles is 1. The van der Waals surface area contributed by atoms with E-state index in [0.717, 1.165) is 5.52 Å². The molecule has 2 N–H and O–H groups in total. The number of imidazole rings is 1. The second-order valence-electron chi connectivity index (χ2n) is 7.14. The third kappa shape index (κ3) is 3.49.